The zero-order valence-corrected chi connectivity index (χ0v) is 25.1. The first-order chi connectivity index (χ1) is 16.3. The Morgan fingerprint density at radius 1 is 0.800 bits per heavy atom. The summed E-state index contributed by atoms with van der Waals surface area (Å²) in [4.78, 5) is 23.3. The van der Waals surface area contributed by atoms with Crippen molar-refractivity contribution in [2.24, 2.45) is 0 Å². The first-order valence-corrected chi connectivity index (χ1v) is 15.8. The van der Waals surface area contributed by atoms with Crippen molar-refractivity contribution in [1.29, 1.82) is 0 Å². The molecular formula is C27H35IO6Si. The van der Waals surface area contributed by atoms with E-state index in [1.54, 1.807) is 24.3 Å². The number of methoxy groups -OCH3 is 2. The minimum atomic E-state index is -1.44. The van der Waals surface area contributed by atoms with Crippen LogP contribution in [0.25, 0.3) is 0 Å². The van der Waals surface area contributed by atoms with E-state index in [-0.39, 0.29) is 18.2 Å². The zero-order valence-electron chi connectivity index (χ0n) is 21.9. The number of rotatable bonds is 6. The fraction of sp³-hybridized carbons (Fsp3) is 0.407. The number of benzene rings is 2. The molecule has 0 bridgehead atoms. The molecule has 0 radical (unpaired) electrons. The molecular weight excluding hydrogens is 575 g/mol. The Kier molecular flexibility index (Phi) is 12.3. The highest BCUT2D eigenvalue weighted by Gasteiger charge is 2.16. The molecule has 2 aromatic rings. The summed E-state index contributed by atoms with van der Waals surface area (Å²) in [5, 5.41) is 0. The van der Waals surface area contributed by atoms with Crippen LogP contribution in [0, 0.1) is 15.0 Å². The maximum Gasteiger partial charge on any atom is 0.341 e. The molecule has 2 rings (SSSR count). The molecule has 0 heterocycles. The van der Waals surface area contributed by atoms with Crippen LogP contribution in [-0.2, 0) is 9.47 Å². The Morgan fingerprint density at radius 2 is 1.26 bits per heavy atom. The van der Waals surface area contributed by atoms with Gasteiger partial charge in [-0.15, -0.1) is 5.54 Å². The van der Waals surface area contributed by atoms with E-state index in [0.29, 0.717) is 22.6 Å². The third kappa shape index (κ3) is 11.2. The van der Waals surface area contributed by atoms with Gasteiger partial charge >= 0.3 is 11.9 Å². The van der Waals surface area contributed by atoms with E-state index in [0.717, 1.165) is 9.13 Å². The van der Waals surface area contributed by atoms with Gasteiger partial charge in [0.1, 0.15) is 30.7 Å². The Labute approximate surface area is 223 Å². The number of hydrogen-bond acceptors (Lipinski definition) is 6. The molecule has 2 aromatic carbocycles. The third-order valence-electron chi connectivity index (χ3n) is 4.04. The fourth-order valence-electron chi connectivity index (χ4n) is 2.62. The topological polar surface area (TPSA) is 71.1 Å². The summed E-state index contributed by atoms with van der Waals surface area (Å²) in [5.41, 5.74) is 4.98. The normalized spacial score (nSPS) is 10.5. The Morgan fingerprint density at radius 3 is 1.69 bits per heavy atom. The van der Waals surface area contributed by atoms with E-state index in [9.17, 15) is 9.59 Å². The summed E-state index contributed by atoms with van der Waals surface area (Å²) < 4.78 is 21.6. The van der Waals surface area contributed by atoms with Crippen LogP contribution in [0.15, 0.2) is 36.4 Å². The van der Waals surface area contributed by atoms with Gasteiger partial charge in [-0.3, -0.25) is 0 Å². The average Bonchev–Trinajstić information content (AvgIpc) is 2.77. The van der Waals surface area contributed by atoms with Crippen LogP contribution in [-0.4, -0.2) is 46.4 Å². The van der Waals surface area contributed by atoms with Crippen molar-refractivity contribution >= 4 is 42.6 Å². The molecule has 0 saturated heterocycles. The molecule has 0 spiro atoms. The molecule has 0 unspecified atom stereocenters. The lowest BCUT2D eigenvalue weighted by atomic mass is 10.1. The van der Waals surface area contributed by atoms with Crippen LogP contribution in [0.3, 0.4) is 0 Å². The van der Waals surface area contributed by atoms with Crippen molar-refractivity contribution in [3.63, 3.8) is 0 Å². The second kappa shape index (κ2) is 14.1. The molecule has 6 nitrogen and oxygen atoms in total. The number of halogens is 1. The number of ether oxygens (including phenoxy) is 4. The lowest BCUT2D eigenvalue weighted by molar-refractivity contribution is 0.0584. The van der Waals surface area contributed by atoms with Crippen LogP contribution in [0.1, 0.15) is 54.0 Å². The second-order valence-electron chi connectivity index (χ2n) is 9.17. The first kappa shape index (κ1) is 30.5. The molecule has 0 fully saturated rings. The summed E-state index contributed by atoms with van der Waals surface area (Å²) >= 11 is 2.14. The van der Waals surface area contributed by atoms with Crippen LogP contribution in [0.2, 0.25) is 19.6 Å². The van der Waals surface area contributed by atoms with E-state index in [1.807, 2.05) is 39.8 Å². The molecule has 190 valence electrons. The Balaban J connectivity index is 0.000000365. The predicted molar refractivity (Wildman–Crippen MR) is 150 cm³/mol. The second-order valence-corrected chi connectivity index (χ2v) is 15.2. The van der Waals surface area contributed by atoms with Gasteiger partial charge in [-0.25, -0.2) is 9.59 Å². The highest BCUT2D eigenvalue weighted by Crippen LogP contribution is 2.24. The van der Waals surface area contributed by atoms with E-state index < -0.39 is 14.0 Å². The SMILES string of the molecule is COC(=O)c1cc(C#C[Si](C)(C)C)ccc1OC(C)C.COC(=O)c1cc(I)ccc1OC(C)C. The number of carbonyl (C=O) groups is 2. The van der Waals surface area contributed by atoms with Gasteiger partial charge in [0.05, 0.1) is 26.4 Å². The van der Waals surface area contributed by atoms with Gasteiger partial charge in [0.2, 0.25) is 0 Å². The Bertz CT molecular complexity index is 1080. The lowest BCUT2D eigenvalue weighted by Gasteiger charge is -2.13. The maximum atomic E-state index is 11.8. The van der Waals surface area contributed by atoms with E-state index >= 15 is 0 Å². The molecule has 0 aliphatic heterocycles. The van der Waals surface area contributed by atoms with Gasteiger partial charge in [0.25, 0.3) is 0 Å². The third-order valence-corrected chi connectivity index (χ3v) is 5.58. The number of hydrogen-bond donors (Lipinski definition) is 0. The van der Waals surface area contributed by atoms with Gasteiger partial charge in [-0.1, -0.05) is 25.6 Å². The summed E-state index contributed by atoms with van der Waals surface area (Å²) in [5.74, 6) is 3.46. The zero-order chi connectivity index (χ0) is 26.8. The molecule has 0 aliphatic carbocycles. The quantitative estimate of drug-likeness (QED) is 0.164. The number of carbonyl (C=O) groups excluding carboxylic acids is 2. The smallest absolute Gasteiger partial charge is 0.341 e. The molecule has 0 aromatic heterocycles. The molecule has 8 heteroatoms. The van der Waals surface area contributed by atoms with Crippen molar-refractivity contribution in [3.05, 3.63) is 56.7 Å². The van der Waals surface area contributed by atoms with Crippen molar-refractivity contribution in [1.82, 2.24) is 0 Å². The van der Waals surface area contributed by atoms with Gasteiger partial charge in [0.15, 0.2) is 0 Å². The van der Waals surface area contributed by atoms with Crippen LogP contribution in [0.5, 0.6) is 11.5 Å². The molecule has 0 atom stereocenters. The summed E-state index contributed by atoms with van der Waals surface area (Å²) in [6, 6.07) is 10.8. The molecule has 0 N–H and O–H groups in total. The standard InChI is InChI=1S/C16H22O3Si.C11H13IO3/c1-12(2)19-15-8-7-13(9-10-20(4,5)6)11-14(15)16(17)18-3;1-7(2)15-10-5-4-8(12)6-9(10)11(13)14-3/h7-8,11-12H,1-6H3;4-7H,1-3H3. The van der Waals surface area contributed by atoms with Crippen LogP contribution < -0.4 is 9.47 Å². The van der Waals surface area contributed by atoms with Gasteiger partial charge in [-0.2, -0.15) is 0 Å². The Hall–Kier alpha value is -2.51. The monoisotopic (exact) mass is 610 g/mol. The van der Waals surface area contributed by atoms with Crippen molar-refractivity contribution in [2.45, 2.75) is 59.5 Å². The van der Waals surface area contributed by atoms with E-state index in [1.165, 1.54) is 14.2 Å². The van der Waals surface area contributed by atoms with E-state index in [2.05, 4.69) is 53.7 Å². The molecule has 0 amide bonds. The molecule has 0 aliphatic rings. The first-order valence-electron chi connectivity index (χ1n) is 11.2. The highest BCUT2D eigenvalue weighted by atomic mass is 127. The average molecular weight is 611 g/mol. The fourth-order valence-corrected chi connectivity index (χ4v) is 3.63. The van der Waals surface area contributed by atoms with Crippen molar-refractivity contribution in [2.75, 3.05) is 14.2 Å². The van der Waals surface area contributed by atoms with Crippen molar-refractivity contribution < 1.29 is 28.5 Å². The minimum Gasteiger partial charge on any atom is -0.490 e. The van der Waals surface area contributed by atoms with Crippen LogP contribution in [0.4, 0.5) is 0 Å². The largest absolute Gasteiger partial charge is 0.490 e. The van der Waals surface area contributed by atoms with Gasteiger partial charge in [-0.05, 0) is 86.7 Å². The van der Waals surface area contributed by atoms with Gasteiger partial charge < -0.3 is 18.9 Å². The summed E-state index contributed by atoms with van der Waals surface area (Å²) in [7, 11) is 1.28. The van der Waals surface area contributed by atoms with Crippen molar-refractivity contribution in [3.8, 4) is 23.0 Å². The summed E-state index contributed by atoms with van der Waals surface area (Å²) in [6.45, 7) is 14.2. The van der Waals surface area contributed by atoms with Gasteiger partial charge in [0, 0.05) is 9.13 Å². The van der Waals surface area contributed by atoms with Crippen LogP contribution >= 0.6 is 22.6 Å². The molecule has 0 saturated carbocycles. The minimum absolute atomic E-state index is 0.00248. The highest BCUT2D eigenvalue weighted by molar-refractivity contribution is 14.1. The van der Waals surface area contributed by atoms with E-state index in [4.69, 9.17) is 18.9 Å². The number of esters is 2. The maximum absolute atomic E-state index is 11.8. The lowest BCUT2D eigenvalue weighted by Crippen LogP contribution is -2.16. The molecule has 35 heavy (non-hydrogen) atoms. The predicted octanol–water partition coefficient (Wildman–Crippen LogP) is 6.35. The summed E-state index contributed by atoms with van der Waals surface area (Å²) in [6.07, 6.45) is 0.0331.